The van der Waals surface area contributed by atoms with Gasteiger partial charge in [0.1, 0.15) is 5.76 Å². The van der Waals surface area contributed by atoms with Gasteiger partial charge in [-0.1, -0.05) is 32.4 Å². The number of carbonyl (C=O) groups excluding carboxylic acids is 1. The number of imidazole rings is 1. The van der Waals surface area contributed by atoms with Gasteiger partial charge < -0.3 is 29.5 Å². The summed E-state index contributed by atoms with van der Waals surface area (Å²) in [5.74, 6) is -0.950. The van der Waals surface area contributed by atoms with Crippen molar-refractivity contribution in [1.82, 2.24) is 20.3 Å². The second kappa shape index (κ2) is 10.1. The van der Waals surface area contributed by atoms with E-state index in [1.54, 1.807) is 0 Å². The maximum atomic E-state index is 12.7. The zero-order chi connectivity index (χ0) is 22.5. The zero-order valence-corrected chi connectivity index (χ0v) is 18.7. The predicted molar refractivity (Wildman–Crippen MR) is 114 cm³/mol. The molecular formula is C20H28ClN5O5. The first kappa shape index (κ1) is 23.1. The quantitative estimate of drug-likeness (QED) is 0.527. The fourth-order valence-corrected chi connectivity index (χ4v) is 3.81. The first-order valence-corrected chi connectivity index (χ1v) is 10.9. The Morgan fingerprint density at radius 2 is 2.10 bits per heavy atom. The highest BCUT2D eigenvalue weighted by atomic mass is 35.5. The molecule has 3 rings (SSSR count). The van der Waals surface area contributed by atoms with Crippen molar-refractivity contribution in [2.75, 3.05) is 24.6 Å². The molecule has 170 valence electrons. The summed E-state index contributed by atoms with van der Waals surface area (Å²) in [6.07, 6.45) is 2.16. The molecule has 0 bridgehead atoms. The third kappa shape index (κ3) is 5.19. The average Bonchev–Trinajstić information content (AvgIpc) is 3.36. The number of ether oxygens (including phenoxy) is 1. The number of hydrogen-bond acceptors (Lipinski definition) is 7. The number of aromatic carboxylic acids is 1. The largest absolute Gasteiger partial charge is 0.476 e. The van der Waals surface area contributed by atoms with Crippen molar-refractivity contribution in [3.05, 3.63) is 28.1 Å². The van der Waals surface area contributed by atoms with Crippen LogP contribution in [0.4, 0.5) is 6.01 Å². The number of halogens is 1. The molecule has 31 heavy (non-hydrogen) atoms. The molecule has 3 N–H and O–H groups in total. The van der Waals surface area contributed by atoms with E-state index in [4.69, 9.17) is 20.8 Å². The molecule has 11 heteroatoms. The lowest BCUT2D eigenvalue weighted by Gasteiger charge is -2.37. The van der Waals surface area contributed by atoms with Crippen LogP contribution in [0.15, 0.2) is 4.42 Å². The van der Waals surface area contributed by atoms with E-state index in [1.165, 1.54) is 0 Å². The molecule has 2 aromatic rings. The van der Waals surface area contributed by atoms with Gasteiger partial charge in [-0.05, 0) is 19.3 Å². The molecule has 0 spiro atoms. The fraction of sp³-hybridized carbons (Fsp3) is 0.600. The van der Waals surface area contributed by atoms with Gasteiger partial charge in [0.2, 0.25) is 0 Å². The fourth-order valence-electron chi connectivity index (χ4n) is 3.54. The van der Waals surface area contributed by atoms with Gasteiger partial charge in [0.05, 0.1) is 24.4 Å². The van der Waals surface area contributed by atoms with Crippen molar-refractivity contribution in [1.29, 1.82) is 0 Å². The minimum absolute atomic E-state index is 0.0691. The number of carbonyl (C=O) groups is 2. The molecular weight excluding hydrogens is 426 g/mol. The van der Waals surface area contributed by atoms with Crippen LogP contribution in [0.25, 0.3) is 0 Å². The third-order valence-corrected chi connectivity index (χ3v) is 5.50. The topological polar surface area (TPSA) is 134 Å². The van der Waals surface area contributed by atoms with Crippen molar-refractivity contribution < 1.29 is 23.8 Å². The zero-order valence-electron chi connectivity index (χ0n) is 17.9. The number of oxazole rings is 1. The minimum Gasteiger partial charge on any atom is -0.476 e. The van der Waals surface area contributed by atoms with Gasteiger partial charge in [-0.25, -0.2) is 9.78 Å². The molecule has 2 atom stereocenters. The number of H-pyrrole nitrogens is 1. The summed E-state index contributed by atoms with van der Waals surface area (Å²) in [4.78, 5) is 37.2. The predicted octanol–water partition coefficient (Wildman–Crippen LogP) is 2.68. The van der Waals surface area contributed by atoms with Crippen LogP contribution in [-0.2, 0) is 17.6 Å². The van der Waals surface area contributed by atoms with Gasteiger partial charge in [-0.2, -0.15) is 4.98 Å². The third-order valence-electron chi connectivity index (χ3n) is 5.19. The van der Waals surface area contributed by atoms with Crippen molar-refractivity contribution >= 4 is 29.5 Å². The summed E-state index contributed by atoms with van der Waals surface area (Å²) >= 11 is 6.05. The van der Waals surface area contributed by atoms with Crippen LogP contribution < -0.4 is 10.2 Å². The molecule has 1 fully saturated rings. The Hall–Kier alpha value is -2.59. The maximum Gasteiger partial charge on any atom is 0.358 e. The summed E-state index contributed by atoms with van der Waals surface area (Å²) in [5.41, 5.74) is 0.644. The lowest BCUT2D eigenvalue weighted by atomic mass is 10.0. The Bertz CT molecular complexity index is 927. The van der Waals surface area contributed by atoms with E-state index in [0.717, 1.165) is 6.42 Å². The summed E-state index contributed by atoms with van der Waals surface area (Å²) in [5, 5.41) is 12.6. The smallest absolute Gasteiger partial charge is 0.358 e. The Morgan fingerprint density at radius 1 is 1.32 bits per heavy atom. The SMILES string of the molecule is CCCO[C@H]1CN(c2nc(C(=O)O)c(CC)o2)CC[C@H]1NC(=O)c1nc(Cl)c(CC)[nH]1. The Balaban J connectivity index is 1.73. The monoisotopic (exact) mass is 453 g/mol. The van der Waals surface area contributed by atoms with Crippen LogP contribution in [-0.4, -0.2) is 63.8 Å². The second-order valence-electron chi connectivity index (χ2n) is 7.36. The average molecular weight is 454 g/mol. The van der Waals surface area contributed by atoms with Gasteiger partial charge in [0, 0.05) is 19.6 Å². The summed E-state index contributed by atoms with van der Waals surface area (Å²) in [6.45, 7) is 7.21. The highest BCUT2D eigenvalue weighted by Gasteiger charge is 2.34. The van der Waals surface area contributed by atoms with Gasteiger partial charge in [0.15, 0.2) is 16.7 Å². The highest BCUT2D eigenvalue weighted by molar-refractivity contribution is 6.30. The number of aromatic amines is 1. The van der Waals surface area contributed by atoms with E-state index in [2.05, 4.69) is 20.3 Å². The van der Waals surface area contributed by atoms with Crippen molar-refractivity contribution in [3.8, 4) is 0 Å². The number of amides is 1. The molecule has 0 aliphatic carbocycles. The number of rotatable bonds is 9. The van der Waals surface area contributed by atoms with E-state index >= 15 is 0 Å². The standard InChI is InChI=1S/C20H28ClN5O5/c1-4-9-30-14-10-26(20-24-15(19(28)29)13(6-3)31-20)8-7-12(14)23-18(27)17-22-11(5-2)16(21)25-17/h12,14H,4-10H2,1-3H3,(H,22,25)(H,23,27)(H,28,29)/t12-,14+/m1/s1. The van der Waals surface area contributed by atoms with Crippen molar-refractivity contribution in [2.24, 2.45) is 0 Å². The van der Waals surface area contributed by atoms with E-state index in [1.807, 2.05) is 25.7 Å². The lowest BCUT2D eigenvalue weighted by molar-refractivity contribution is 0.0195. The number of nitrogens with zero attached hydrogens (tertiary/aromatic N) is 3. The maximum absolute atomic E-state index is 12.7. The molecule has 1 amide bonds. The number of nitrogens with one attached hydrogen (secondary N) is 2. The van der Waals surface area contributed by atoms with Crippen LogP contribution >= 0.6 is 11.6 Å². The van der Waals surface area contributed by atoms with Crippen LogP contribution in [0.5, 0.6) is 0 Å². The second-order valence-corrected chi connectivity index (χ2v) is 7.72. The minimum atomic E-state index is -1.11. The molecule has 1 saturated heterocycles. The number of hydrogen-bond donors (Lipinski definition) is 3. The molecule has 1 aliphatic rings. The van der Waals surface area contributed by atoms with Crippen LogP contribution in [0.2, 0.25) is 5.15 Å². The van der Waals surface area contributed by atoms with Crippen LogP contribution in [0, 0.1) is 0 Å². The summed E-state index contributed by atoms with van der Waals surface area (Å²) in [7, 11) is 0. The molecule has 1 aliphatic heterocycles. The van der Waals surface area contributed by atoms with Gasteiger partial charge in [-0.3, -0.25) is 4.79 Å². The van der Waals surface area contributed by atoms with Crippen LogP contribution in [0.3, 0.4) is 0 Å². The Kier molecular flexibility index (Phi) is 7.55. The molecule has 2 aromatic heterocycles. The van der Waals surface area contributed by atoms with E-state index in [-0.39, 0.29) is 35.6 Å². The number of aromatic nitrogens is 3. The molecule has 0 aromatic carbocycles. The van der Waals surface area contributed by atoms with E-state index in [9.17, 15) is 14.7 Å². The number of carboxylic acids is 1. The molecule has 0 radical (unpaired) electrons. The summed E-state index contributed by atoms with van der Waals surface area (Å²) < 4.78 is 11.7. The van der Waals surface area contributed by atoms with Gasteiger partial charge in [-0.15, -0.1) is 0 Å². The van der Waals surface area contributed by atoms with E-state index < -0.39 is 5.97 Å². The van der Waals surface area contributed by atoms with E-state index in [0.29, 0.717) is 55.6 Å². The first-order chi connectivity index (χ1) is 14.9. The van der Waals surface area contributed by atoms with Gasteiger partial charge in [0.25, 0.3) is 11.9 Å². The van der Waals surface area contributed by atoms with Gasteiger partial charge >= 0.3 is 5.97 Å². The number of piperidine rings is 1. The summed E-state index contributed by atoms with van der Waals surface area (Å²) in [6, 6.07) is 0.0123. The number of aryl methyl sites for hydroxylation is 2. The van der Waals surface area contributed by atoms with Crippen molar-refractivity contribution in [3.63, 3.8) is 0 Å². The molecule has 3 heterocycles. The lowest BCUT2D eigenvalue weighted by Crippen LogP contribution is -2.55. The first-order valence-electron chi connectivity index (χ1n) is 10.5. The normalized spacial score (nSPS) is 18.9. The van der Waals surface area contributed by atoms with Crippen LogP contribution in [0.1, 0.15) is 66.2 Å². The molecule has 0 saturated carbocycles. The highest BCUT2D eigenvalue weighted by Crippen LogP contribution is 2.25. The van der Waals surface area contributed by atoms with Crippen molar-refractivity contribution in [2.45, 2.75) is 58.6 Å². The number of carboxylic acid groups (broad SMARTS) is 1. The Labute approximate surface area is 185 Å². The number of anilines is 1. The molecule has 0 unspecified atom stereocenters. The Morgan fingerprint density at radius 3 is 2.68 bits per heavy atom. The molecule has 10 nitrogen and oxygen atoms in total.